The van der Waals surface area contributed by atoms with E-state index in [0.717, 1.165) is 16.7 Å². The second-order valence-corrected chi connectivity index (χ2v) is 7.26. The van der Waals surface area contributed by atoms with Gasteiger partial charge in [0.15, 0.2) is 6.61 Å². The highest BCUT2D eigenvalue weighted by atomic mass is 35.5. The largest absolute Gasteiger partial charge is 0.481 e. The molecule has 0 aliphatic carbocycles. The summed E-state index contributed by atoms with van der Waals surface area (Å²) < 4.78 is 17.7. The summed E-state index contributed by atoms with van der Waals surface area (Å²) in [5.41, 5.74) is 3.17. The summed E-state index contributed by atoms with van der Waals surface area (Å²) in [6, 6.07) is 19.1. The normalized spacial score (nSPS) is 9.90. The summed E-state index contributed by atoms with van der Waals surface area (Å²) in [5, 5.41) is 21.0. The van der Waals surface area contributed by atoms with Crippen LogP contribution in [0.25, 0.3) is 11.1 Å². The predicted molar refractivity (Wildman–Crippen MR) is 121 cm³/mol. The third-order valence-electron chi connectivity index (χ3n) is 3.98. The number of benzene rings is 3. The molecule has 0 aromatic heterocycles. The third kappa shape index (κ3) is 7.61. The van der Waals surface area contributed by atoms with Gasteiger partial charge in [-0.3, -0.25) is 0 Å². The van der Waals surface area contributed by atoms with Crippen molar-refractivity contribution in [1.82, 2.24) is 5.32 Å². The molecule has 0 amide bonds. The Hall–Kier alpha value is -3.05. The lowest BCUT2D eigenvalue weighted by Gasteiger charge is -2.13. The molecule has 5 nitrogen and oxygen atoms in total. The molecule has 2 N–H and O–H groups in total. The number of aliphatic carboxylic acids is 1. The maximum atomic E-state index is 12.3. The standard InChI is InChI=1S/C17H16N2O3.C6H4ClFS/c1-19-10-13-5-6-16(22-11-17(20)21)15(8-13)14-4-2-3-12(7-14)9-18;7-5-3-4(9)1-2-6(5)8/h2-8,19H,10-11H2,1H3,(H,20,21);1-3,9H. The lowest BCUT2D eigenvalue weighted by molar-refractivity contribution is -0.139. The molecule has 0 saturated heterocycles. The number of nitrogens with one attached hydrogen (secondary N) is 1. The first-order chi connectivity index (χ1) is 14.8. The molecule has 0 atom stereocenters. The summed E-state index contributed by atoms with van der Waals surface area (Å²) in [6.07, 6.45) is 0. The molecule has 3 rings (SSSR count). The minimum absolute atomic E-state index is 0.113. The van der Waals surface area contributed by atoms with E-state index in [1.165, 1.54) is 12.1 Å². The number of hydrogen-bond donors (Lipinski definition) is 3. The molecule has 0 aliphatic heterocycles. The van der Waals surface area contributed by atoms with E-state index >= 15 is 0 Å². The number of carboxylic acid groups (broad SMARTS) is 1. The van der Waals surface area contributed by atoms with Crippen LogP contribution in [0.1, 0.15) is 11.1 Å². The first-order valence-electron chi connectivity index (χ1n) is 9.10. The van der Waals surface area contributed by atoms with Crippen LogP contribution in [-0.4, -0.2) is 24.7 Å². The Morgan fingerprint density at radius 3 is 2.61 bits per heavy atom. The molecule has 0 fully saturated rings. The highest BCUT2D eigenvalue weighted by Gasteiger charge is 2.10. The van der Waals surface area contributed by atoms with Crippen molar-refractivity contribution in [3.63, 3.8) is 0 Å². The van der Waals surface area contributed by atoms with Crippen LogP contribution >= 0.6 is 24.2 Å². The van der Waals surface area contributed by atoms with Gasteiger partial charge in [0.25, 0.3) is 0 Å². The van der Waals surface area contributed by atoms with E-state index in [1.807, 2.05) is 25.2 Å². The molecule has 8 heteroatoms. The second-order valence-electron chi connectivity index (χ2n) is 6.33. The van der Waals surface area contributed by atoms with Gasteiger partial charge in [0.1, 0.15) is 11.6 Å². The zero-order valence-corrected chi connectivity index (χ0v) is 18.3. The van der Waals surface area contributed by atoms with Crippen LogP contribution in [0.4, 0.5) is 4.39 Å². The molecule has 0 radical (unpaired) electrons. The van der Waals surface area contributed by atoms with Crippen LogP contribution in [0.2, 0.25) is 5.02 Å². The number of rotatable bonds is 6. The highest BCUT2D eigenvalue weighted by Crippen LogP contribution is 2.31. The Morgan fingerprint density at radius 2 is 2.00 bits per heavy atom. The average Bonchev–Trinajstić information content (AvgIpc) is 2.76. The fourth-order valence-corrected chi connectivity index (χ4v) is 3.08. The zero-order valence-electron chi connectivity index (χ0n) is 16.6. The number of hydrogen-bond acceptors (Lipinski definition) is 5. The van der Waals surface area contributed by atoms with Gasteiger partial charge in [0.2, 0.25) is 0 Å². The molecule has 0 aliphatic rings. The Morgan fingerprint density at radius 1 is 1.23 bits per heavy atom. The molecular weight excluding hydrogens is 439 g/mol. The molecule has 31 heavy (non-hydrogen) atoms. The van der Waals surface area contributed by atoms with Crippen molar-refractivity contribution in [2.45, 2.75) is 11.4 Å². The van der Waals surface area contributed by atoms with Crippen LogP contribution in [0.15, 0.2) is 65.6 Å². The molecule has 3 aromatic carbocycles. The quantitative estimate of drug-likeness (QED) is 0.443. The minimum Gasteiger partial charge on any atom is -0.481 e. The van der Waals surface area contributed by atoms with Crippen LogP contribution in [0.3, 0.4) is 0 Å². The van der Waals surface area contributed by atoms with Crippen molar-refractivity contribution in [2.24, 2.45) is 0 Å². The van der Waals surface area contributed by atoms with Gasteiger partial charge < -0.3 is 15.2 Å². The molecule has 0 spiro atoms. The lowest BCUT2D eigenvalue weighted by Crippen LogP contribution is -2.10. The van der Waals surface area contributed by atoms with E-state index in [2.05, 4.69) is 24.0 Å². The fourth-order valence-electron chi connectivity index (χ4n) is 2.62. The van der Waals surface area contributed by atoms with Gasteiger partial charge in [-0.2, -0.15) is 5.26 Å². The van der Waals surface area contributed by atoms with E-state index in [0.29, 0.717) is 22.8 Å². The number of thiol groups is 1. The molecule has 0 unspecified atom stereocenters. The van der Waals surface area contributed by atoms with E-state index in [-0.39, 0.29) is 5.02 Å². The molecular formula is C23H20ClFN2O3S. The number of ether oxygens (including phenoxy) is 1. The summed E-state index contributed by atoms with van der Waals surface area (Å²) in [6.45, 7) is 0.278. The van der Waals surface area contributed by atoms with Crippen LogP contribution in [0, 0.1) is 17.1 Å². The minimum atomic E-state index is -1.03. The summed E-state index contributed by atoms with van der Waals surface area (Å²) in [7, 11) is 1.85. The Kier molecular flexibility index (Phi) is 9.35. The van der Waals surface area contributed by atoms with E-state index in [9.17, 15) is 9.18 Å². The van der Waals surface area contributed by atoms with E-state index in [4.69, 9.17) is 26.7 Å². The topological polar surface area (TPSA) is 82.3 Å². The van der Waals surface area contributed by atoms with Gasteiger partial charge in [-0.25, -0.2) is 9.18 Å². The molecule has 0 saturated carbocycles. The van der Waals surface area contributed by atoms with Gasteiger partial charge in [0, 0.05) is 17.0 Å². The van der Waals surface area contributed by atoms with Crippen molar-refractivity contribution < 1.29 is 19.0 Å². The smallest absolute Gasteiger partial charge is 0.341 e. The first kappa shape index (κ1) is 24.2. The van der Waals surface area contributed by atoms with Gasteiger partial charge in [-0.05, 0) is 60.6 Å². The van der Waals surface area contributed by atoms with Crippen LogP contribution in [-0.2, 0) is 11.3 Å². The maximum Gasteiger partial charge on any atom is 0.341 e. The Labute approximate surface area is 190 Å². The Bertz CT molecular complexity index is 1100. The lowest BCUT2D eigenvalue weighted by atomic mass is 10.00. The zero-order chi connectivity index (χ0) is 22.8. The van der Waals surface area contributed by atoms with Crippen molar-refractivity contribution in [2.75, 3.05) is 13.7 Å². The monoisotopic (exact) mass is 458 g/mol. The van der Waals surface area contributed by atoms with E-state index < -0.39 is 18.4 Å². The van der Waals surface area contributed by atoms with Crippen molar-refractivity contribution in [3.05, 3.63) is 82.6 Å². The third-order valence-corrected chi connectivity index (χ3v) is 4.55. The number of carbonyl (C=O) groups is 1. The van der Waals surface area contributed by atoms with Gasteiger partial charge in [-0.15, -0.1) is 12.6 Å². The van der Waals surface area contributed by atoms with Crippen molar-refractivity contribution in [3.8, 4) is 22.9 Å². The fraction of sp³-hybridized carbons (Fsp3) is 0.130. The summed E-state index contributed by atoms with van der Waals surface area (Å²) >= 11 is 9.34. The maximum absolute atomic E-state index is 12.3. The Balaban J connectivity index is 0.000000316. The van der Waals surface area contributed by atoms with Crippen LogP contribution in [0.5, 0.6) is 5.75 Å². The van der Waals surface area contributed by atoms with Gasteiger partial charge in [-0.1, -0.05) is 29.8 Å². The number of carboxylic acids is 1. The number of nitriles is 1. The van der Waals surface area contributed by atoms with Gasteiger partial charge >= 0.3 is 5.97 Å². The molecule has 160 valence electrons. The predicted octanol–water partition coefficient (Wildman–Crippen LogP) is 5.18. The molecule has 0 bridgehead atoms. The molecule has 3 aromatic rings. The van der Waals surface area contributed by atoms with E-state index in [1.54, 1.807) is 30.3 Å². The summed E-state index contributed by atoms with van der Waals surface area (Å²) in [4.78, 5) is 11.4. The summed E-state index contributed by atoms with van der Waals surface area (Å²) in [5.74, 6) is -0.956. The highest BCUT2D eigenvalue weighted by molar-refractivity contribution is 7.80. The van der Waals surface area contributed by atoms with Crippen molar-refractivity contribution >= 4 is 30.2 Å². The number of halogens is 2. The van der Waals surface area contributed by atoms with Crippen LogP contribution < -0.4 is 10.1 Å². The first-order valence-corrected chi connectivity index (χ1v) is 9.93. The van der Waals surface area contributed by atoms with Crippen molar-refractivity contribution in [1.29, 1.82) is 5.26 Å². The second kappa shape index (κ2) is 12.0. The van der Waals surface area contributed by atoms with Gasteiger partial charge in [0.05, 0.1) is 16.7 Å². The SMILES string of the molecule is CNCc1ccc(OCC(=O)O)c(-c2cccc(C#N)c2)c1.Fc1ccc(S)cc1Cl. The number of nitrogens with zero attached hydrogens (tertiary/aromatic N) is 1. The average molecular weight is 459 g/mol. The molecule has 0 heterocycles.